The molecule has 0 radical (unpaired) electrons. The molecule has 2 unspecified atom stereocenters. The van der Waals surface area contributed by atoms with Gasteiger partial charge in [-0.15, -0.1) is 17.9 Å². The maximum Gasteiger partial charge on any atom is 0.425 e. The van der Waals surface area contributed by atoms with E-state index >= 15 is 9.59 Å². The summed E-state index contributed by atoms with van der Waals surface area (Å²) in [5, 5.41) is 15.4. The Morgan fingerprint density at radius 2 is 1.83 bits per heavy atom. The summed E-state index contributed by atoms with van der Waals surface area (Å²) in [6, 6.07) is 12.9. The van der Waals surface area contributed by atoms with Gasteiger partial charge in [-0.2, -0.15) is 9.74 Å². The number of quaternary nitrogens is 1. The van der Waals surface area contributed by atoms with Crippen LogP contribution in [-0.2, 0) is 19.6 Å². The summed E-state index contributed by atoms with van der Waals surface area (Å²) in [5.74, 6) is -0.469. The first kappa shape index (κ1) is 44.2. The van der Waals surface area contributed by atoms with Crippen LogP contribution in [0.25, 0.3) is 21.6 Å². The second-order valence-electron chi connectivity index (χ2n) is 17.9. The highest BCUT2D eigenvalue weighted by Crippen LogP contribution is 2.47. The molecule has 3 saturated carbocycles. The third kappa shape index (κ3) is 8.43. The average molecular weight is 896 g/mol. The van der Waals surface area contributed by atoms with Crippen molar-refractivity contribution >= 4 is 50.1 Å². The Morgan fingerprint density at radius 3 is 2.48 bits per heavy atom. The monoisotopic (exact) mass is 895 g/mol. The van der Waals surface area contributed by atoms with Crippen molar-refractivity contribution in [3.63, 3.8) is 0 Å². The Balaban J connectivity index is 1.20. The van der Waals surface area contributed by atoms with Gasteiger partial charge in [-0.25, -0.2) is 28.0 Å². The Morgan fingerprint density at radius 1 is 1.06 bits per heavy atom. The average Bonchev–Trinajstić information content (AvgIpc) is 4.17. The van der Waals surface area contributed by atoms with Crippen LogP contribution in [0.4, 0.5) is 4.79 Å². The molecule has 0 spiro atoms. The maximum absolute atomic E-state index is 15.8. The fraction of sp³-hybridized carbons (Fsp3) is 0.489. The van der Waals surface area contributed by atoms with Gasteiger partial charge in [0, 0.05) is 40.7 Å². The summed E-state index contributed by atoms with van der Waals surface area (Å²) in [6.45, 7) is 11.7. The number of urea groups is 1. The highest BCUT2D eigenvalue weighted by Gasteiger charge is 2.67. The van der Waals surface area contributed by atoms with Crippen LogP contribution in [0.3, 0.4) is 0 Å². The predicted molar refractivity (Wildman–Crippen MR) is 239 cm³/mol. The molecule has 1 aliphatic heterocycles. The lowest BCUT2D eigenvalue weighted by atomic mass is 9.84. The topological polar surface area (TPSA) is 187 Å². The van der Waals surface area contributed by atoms with E-state index in [0.29, 0.717) is 70.1 Å². The van der Waals surface area contributed by atoms with E-state index in [1.54, 1.807) is 31.4 Å². The largest absolute Gasteiger partial charge is 0.496 e. The minimum atomic E-state index is -3.96. The van der Waals surface area contributed by atoms with Gasteiger partial charge in [0.1, 0.15) is 46.1 Å². The number of rotatable bonds is 14. The lowest BCUT2D eigenvalue weighted by Gasteiger charge is -2.39. The van der Waals surface area contributed by atoms with E-state index in [0.717, 1.165) is 30.5 Å². The third-order valence-electron chi connectivity index (χ3n) is 13.4. The molecule has 4 amide bonds. The van der Waals surface area contributed by atoms with Crippen molar-refractivity contribution in [2.45, 2.75) is 120 Å². The number of aryl methyl sites for hydroxylation is 1. The summed E-state index contributed by atoms with van der Waals surface area (Å²) in [5.41, 5.74) is 1.74. The number of ether oxygens (including phenoxy) is 3. The molecule has 6 atom stereocenters. The van der Waals surface area contributed by atoms with Gasteiger partial charge >= 0.3 is 11.9 Å². The van der Waals surface area contributed by atoms with Crippen LogP contribution in [0.2, 0.25) is 0 Å². The number of likely N-dealkylation sites (tertiary alicyclic amines) is 1. The molecule has 0 bridgehead atoms. The zero-order valence-corrected chi connectivity index (χ0v) is 38.0. The molecule has 2 aromatic carbocycles. The Bertz CT molecular complexity index is 2610. The van der Waals surface area contributed by atoms with E-state index in [4.69, 9.17) is 24.2 Å². The number of sulfonamides is 1. The second-order valence-corrected chi connectivity index (χ2v) is 20.8. The summed E-state index contributed by atoms with van der Waals surface area (Å²) >= 11 is 1.49. The SMILES string of the molecule is C=C[C@@H]1C[C@]1(NC(=O)[N+]1(C(=O)[C@@H](Oc2cccc(C#N)c2)C2CCCCC2)C[C@H](Oc2cc(-c3nc(C(C)C)cs3)nc3c(C)c(OC)ccc23)CC1C)C(=O)NS(=O)(=O)C1CC1. The first-order valence-corrected chi connectivity index (χ1v) is 24.3. The van der Waals surface area contributed by atoms with Gasteiger partial charge in [-0.1, -0.05) is 45.3 Å². The molecule has 63 heavy (non-hydrogen) atoms. The minimum Gasteiger partial charge on any atom is -0.496 e. The lowest BCUT2D eigenvalue weighted by molar-refractivity contribution is -0.788. The number of hydrogen-bond acceptors (Lipinski definition) is 12. The molecule has 2 aromatic heterocycles. The molecule has 332 valence electrons. The van der Waals surface area contributed by atoms with Gasteiger partial charge in [-0.05, 0) is 82.2 Å². The number of benzene rings is 2. The number of carbonyl (C=O) groups is 3. The van der Waals surface area contributed by atoms with Gasteiger partial charge in [0.25, 0.3) is 5.91 Å². The number of fused-ring (bicyclic) bond motifs is 1. The van der Waals surface area contributed by atoms with Gasteiger partial charge < -0.3 is 14.2 Å². The zero-order valence-electron chi connectivity index (χ0n) is 36.4. The summed E-state index contributed by atoms with van der Waals surface area (Å²) in [4.78, 5) is 55.1. The van der Waals surface area contributed by atoms with Crippen molar-refractivity contribution < 1.29 is 41.5 Å². The molecule has 3 aliphatic carbocycles. The first-order chi connectivity index (χ1) is 30.1. The second kappa shape index (κ2) is 17.3. The van der Waals surface area contributed by atoms with E-state index in [-0.39, 0.29) is 31.2 Å². The van der Waals surface area contributed by atoms with Crippen molar-refractivity contribution in [3.8, 4) is 34.0 Å². The molecule has 2 N–H and O–H groups in total. The molecule has 1 saturated heterocycles. The molecule has 14 nitrogen and oxygen atoms in total. The highest BCUT2D eigenvalue weighted by atomic mass is 32.2. The summed E-state index contributed by atoms with van der Waals surface area (Å²) < 4.78 is 46.8. The van der Waals surface area contributed by atoms with Crippen LogP contribution >= 0.6 is 11.3 Å². The molecule has 16 heteroatoms. The van der Waals surface area contributed by atoms with Crippen LogP contribution in [0.5, 0.6) is 17.2 Å². The van der Waals surface area contributed by atoms with Crippen LogP contribution in [-0.4, -0.2) is 83.4 Å². The highest BCUT2D eigenvalue weighted by molar-refractivity contribution is 7.91. The molecule has 4 aromatic rings. The first-order valence-electron chi connectivity index (χ1n) is 21.8. The Labute approximate surface area is 372 Å². The van der Waals surface area contributed by atoms with Crippen LogP contribution in [0.1, 0.15) is 101 Å². The van der Waals surface area contributed by atoms with Crippen LogP contribution < -0.4 is 24.2 Å². The predicted octanol–water partition coefficient (Wildman–Crippen LogP) is 7.84. The fourth-order valence-corrected chi connectivity index (χ4v) is 11.7. The van der Waals surface area contributed by atoms with E-state index in [9.17, 15) is 18.5 Å². The zero-order chi connectivity index (χ0) is 44.8. The number of thiazole rings is 1. The Hall–Kier alpha value is -5.37. The molecule has 4 aliphatic rings. The third-order valence-corrected chi connectivity index (χ3v) is 16.1. The van der Waals surface area contributed by atoms with Crippen molar-refractivity contribution in [3.05, 3.63) is 77.3 Å². The van der Waals surface area contributed by atoms with Crippen LogP contribution in [0, 0.1) is 30.1 Å². The maximum atomic E-state index is 15.8. The van der Waals surface area contributed by atoms with Gasteiger partial charge in [0.2, 0.25) is 16.1 Å². The number of nitrogens with one attached hydrogen (secondary N) is 2. The number of pyridine rings is 1. The summed E-state index contributed by atoms with van der Waals surface area (Å²) in [7, 11) is -2.35. The normalized spacial score (nSPS) is 25.2. The number of aromatic nitrogens is 2. The number of methoxy groups -OCH3 is 1. The van der Waals surface area contributed by atoms with Crippen molar-refractivity contribution in [2.75, 3.05) is 13.7 Å². The molecule has 3 heterocycles. The van der Waals surface area contributed by atoms with Crippen molar-refractivity contribution in [1.82, 2.24) is 20.0 Å². The smallest absolute Gasteiger partial charge is 0.425 e. The molecule has 8 rings (SSSR count). The minimum absolute atomic E-state index is 0.115. The molecular weight excluding hydrogens is 841 g/mol. The number of nitriles is 1. The van der Waals surface area contributed by atoms with Gasteiger partial charge in [-0.3, -0.25) is 14.8 Å². The van der Waals surface area contributed by atoms with E-state index in [1.165, 1.54) is 17.4 Å². The van der Waals surface area contributed by atoms with E-state index in [1.807, 2.05) is 37.4 Å². The number of imide groups is 1. The standard InChI is InChI=1S/C47H54N6O8S2/c1-7-32-23-47(32,45(55)52-63(57,58)35-16-17-35)51-46(56)53(44(54)42(31-13-9-8-10-14-31)61-33-15-11-12-30(21-33)24-48)25-34(20-28(53)4)60-40-22-37(43-50-38(26-62-43)27(2)3)49-41-29(5)39(59-6)19-18-36(40)41/h7,11-12,15,18-19,21-22,26-28,31-32,34-35,42H,1,8-10,13-14,16-17,20,23,25H2,2-6H3,(H-,51,52,55,56)/p+1/t28?,32-,34-,42+,47-,53?/m1/s1. The van der Waals surface area contributed by atoms with E-state index in [2.05, 4.69) is 36.5 Å². The van der Waals surface area contributed by atoms with Gasteiger partial charge in [0.15, 0.2) is 6.10 Å². The number of amides is 4. The fourth-order valence-electron chi connectivity index (χ4n) is 9.37. The molecule has 4 fully saturated rings. The molecular formula is C47H55N6O8S2+. The lowest BCUT2D eigenvalue weighted by Crippen LogP contribution is -2.69. The quantitative estimate of drug-likeness (QED) is 0.0928. The Kier molecular flexibility index (Phi) is 12.2. The van der Waals surface area contributed by atoms with Crippen molar-refractivity contribution in [2.24, 2.45) is 11.8 Å². The van der Waals surface area contributed by atoms with Crippen molar-refractivity contribution in [1.29, 1.82) is 5.26 Å². The number of carbonyl (C=O) groups excluding carboxylic acids is 3. The number of hydrogen-bond donors (Lipinski definition) is 2. The number of nitrogens with zero attached hydrogens (tertiary/aromatic N) is 4. The van der Waals surface area contributed by atoms with Crippen LogP contribution in [0.15, 0.2) is 60.5 Å². The van der Waals surface area contributed by atoms with Gasteiger partial charge in [0.05, 0.1) is 35.2 Å². The van der Waals surface area contributed by atoms with E-state index < -0.39 is 67.3 Å². The summed E-state index contributed by atoms with van der Waals surface area (Å²) in [6.07, 6.45) is 5.17.